The Morgan fingerprint density at radius 2 is 1.95 bits per heavy atom. The maximum atomic E-state index is 15.2. The molecule has 3 fully saturated rings. The van der Waals surface area contributed by atoms with Crippen molar-refractivity contribution in [1.29, 1.82) is 0 Å². The summed E-state index contributed by atoms with van der Waals surface area (Å²) in [5, 5.41) is 7.86. The Kier molecular flexibility index (Phi) is 7.80. The van der Waals surface area contributed by atoms with Crippen LogP contribution in [0.5, 0.6) is 0 Å². The Balaban J connectivity index is 1.23. The molecule has 2 unspecified atom stereocenters. The quantitative estimate of drug-likeness (QED) is 0.264. The second kappa shape index (κ2) is 11.9. The summed E-state index contributed by atoms with van der Waals surface area (Å²) in [4.78, 5) is 25.6. The van der Waals surface area contributed by atoms with E-state index in [0.717, 1.165) is 69.3 Å². The van der Waals surface area contributed by atoms with Crippen LogP contribution in [0.25, 0.3) is 22.2 Å². The van der Waals surface area contributed by atoms with Gasteiger partial charge < -0.3 is 20.3 Å². The van der Waals surface area contributed by atoms with E-state index in [1.165, 1.54) is 6.07 Å². The third-order valence-corrected chi connectivity index (χ3v) is 9.37. The SMILES string of the molecule is CC1CN(c2ccc(Nc3ncc4cc(-c5ccc(C6CCOC6)cc5Cl)c(=O)n(C5CCCC5)c4n3)cc2F)CCN1. The lowest BCUT2D eigenvalue weighted by molar-refractivity contribution is 0.194. The number of ether oxygens (including phenoxy) is 1. The number of fused-ring (bicyclic) bond motifs is 1. The standard InChI is InChI=1S/C33H36ClFN6O2/c1-20-18-40(12-11-36-20)30-9-7-24(16-29(30)35)38-33-37-17-23-14-27(32(42)41(31(23)39-33)25-4-2-3-5-25)26-8-6-21(15-28(26)34)22-10-13-43-19-22/h6-9,14-17,20,22,25,36H,2-5,10-13,18-19H2,1H3,(H,37,38,39). The molecule has 0 bridgehead atoms. The maximum absolute atomic E-state index is 15.2. The van der Waals surface area contributed by atoms with E-state index in [1.54, 1.807) is 12.3 Å². The van der Waals surface area contributed by atoms with E-state index >= 15 is 4.39 Å². The first-order valence-electron chi connectivity index (χ1n) is 15.3. The van der Waals surface area contributed by atoms with Crippen molar-refractivity contribution in [3.05, 3.63) is 75.4 Å². The molecular weight excluding hydrogens is 567 g/mol. The maximum Gasteiger partial charge on any atom is 0.260 e. The second-order valence-electron chi connectivity index (χ2n) is 12.0. The lowest BCUT2D eigenvalue weighted by atomic mass is 9.95. The van der Waals surface area contributed by atoms with Crippen LogP contribution in [0.2, 0.25) is 5.02 Å². The van der Waals surface area contributed by atoms with Gasteiger partial charge in [0, 0.05) is 77.7 Å². The minimum absolute atomic E-state index is 0.0459. The summed E-state index contributed by atoms with van der Waals surface area (Å²) in [5.74, 6) is 0.347. The van der Waals surface area contributed by atoms with Gasteiger partial charge in [0.1, 0.15) is 11.5 Å². The predicted molar refractivity (Wildman–Crippen MR) is 169 cm³/mol. The van der Waals surface area contributed by atoms with Crippen molar-refractivity contribution in [2.75, 3.05) is 43.1 Å². The molecule has 2 atom stereocenters. The summed E-state index contributed by atoms with van der Waals surface area (Å²) >= 11 is 6.81. The van der Waals surface area contributed by atoms with Crippen LogP contribution >= 0.6 is 11.6 Å². The van der Waals surface area contributed by atoms with Crippen molar-refractivity contribution in [2.24, 2.45) is 0 Å². The first kappa shape index (κ1) is 28.3. The fourth-order valence-corrected chi connectivity index (χ4v) is 7.09. The van der Waals surface area contributed by atoms with E-state index in [2.05, 4.69) is 33.5 Å². The molecule has 2 N–H and O–H groups in total. The van der Waals surface area contributed by atoms with E-state index in [1.807, 2.05) is 28.8 Å². The molecule has 7 rings (SSSR count). The summed E-state index contributed by atoms with van der Waals surface area (Å²) in [6.45, 7) is 5.88. The average molecular weight is 603 g/mol. The van der Waals surface area contributed by atoms with Crippen molar-refractivity contribution in [3.8, 4) is 11.1 Å². The molecule has 2 aliphatic heterocycles. The molecular formula is C33H36ClFN6O2. The van der Waals surface area contributed by atoms with Crippen LogP contribution in [0.4, 0.5) is 21.7 Å². The number of aromatic nitrogens is 3. The predicted octanol–water partition coefficient (Wildman–Crippen LogP) is 6.41. The van der Waals surface area contributed by atoms with Crippen molar-refractivity contribution >= 4 is 40.0 Å². The second-order valence-corrected chi connectivity index (χ2v) is 12.4. The van der Waals surface area contributed by atoms with E-state index in [0.29, 0.717) is 57.7 Å². The highest BCUT2D eigenvalue weighted by molar-refractivity contribution is 6.33. The van der Waals surface area contributed by atoms with Crippen LogP contribution in [0.15, 0.2) is 53.5 Å². The highest BCUT2D eigenvalue weighted by Crippen LogP contribution is 2.36. The fraction of sp³-hybridized carbons (Fsp3) is 0.424. The number of piperazine rings is 1. The largest absolute Gasteiger partial charge is 0.381 e. The Labute approximate surface area is 255 Å². The van der Waals surface area contributed by atoms with Gasteiger partial charge in [0.05, 0.1) is 12.3 Å². The minimum Gasteiger partial charge on any atom is -0.381 e. The molecule has 0 amide bonds. The number of nitrogens with zero attached hydrogens (tertiary/aromatic N) is 4. The Bertz CT molecular complexity index is 1720. The molecule has 2 saturated heterocycles. The third-order valence-electron chi connectivity index (χ3n) is 9.06. The van der Waals surface area contributed by atoms with Gasteiger partial charge in [0.15, 0.2) is 0 Å². The third kappa shape index (κ3) is 5.61. The normalized spacial score (nSPS) is 21.1. The molecule has 0 spiro atoms. The molecule has 2 aromatic carbocycles. The molecule has 3 aliphatic rings. The zero-order valence-corrected chi connectivity index (χ0v) is 25.0. The van der Waals surface area contributed by atoms with Crippen LogP contribution in [-0.2, 0) is 4.74 Å². The zero-order chi connectivity index (χ0) is 29.5. The number of nitrogens with one attached hydrogen (secondary N) is 2. The van der Waals surface area contributed by atoms with E-state index < -0.39 is 0 Å². The molecule has 1 aliphatic carbocycles. The Hall–Kier alpha value is -3.53. The minimum atomic E-state index is -0.296. The summed E-state index contributed by atoms with van der Waals surface area (Å²) in [7, 11) is 0. The number of anilines is 3. The molecule has 224 valence electrons. The van der Waals surface area contributed by atoms with Gasteiger partial charge in [-0.1, -0.05) is 36.6 Å². The summed E-state index contributed by atoms with van der Waals surface area (Å²) < 4.78 is 22.6. The first-order valence-corrected chi connectivity index (χ1v) is 15.7. The summed E-state index contributed by atoms with van der Waals surface area (Å²) in [6, 6.07) is 13.3. The van der Waals surface area contributed by atoms with Crippen LogP contribution in [0, 0.1) is 5.82 Å². The number of hydrogen-bond acceptors (Lipinski definition) is 7. The van der Waals surface area contributed by atoms with Crippen LogP contribution in [0.1, 0.15) is 56.6 Å². The number of benzene rings is 2. The van der Waals surface area contributed by atoms with Gasteiger partial charge in [-0.2, -0.15) is 4.98 Å². The average Bonchev–Trinajstić information content (AvgIpc) is 3.73. The smallest absolute Gasteiger partial charge is 0.260 e. The van der Waals surface area contributed by atoms with Crippen molar-refractivity contribution in [3.63, 3.8) is 0 Å². The molecule has 2 aromatic heterocycles. The van der Waals surface area contributed by atoms with Gasteiger partial charge in [-0.3, -0.25) is 9.36 Å². The molecule has 43 heavy (non-hydrogen) atoms. The highest BCUT2D eigenvalue weighted by atomic mass is 35.5. The van der Waals surface area contributed by atoms with Gasteiger partial charge >= 0.3 is 0 Å². The fourth-order valence-electron chi connectivity index (χ4n) is 6.80. The lowest BCUT2D eigenvalue weighted by Crippen LogP contribution is -2.49. The molecule has 8 nitrogen and oxygen atoms in total. The molecule has 1 saturated carbocycles. The van der Waals surface area contributed by atoms with Gasteiger partial charge in [-0.05, 0) is 62.1 Å². The number of pyridine rings is 1. The van der Waals surface area contributed by atoms with E-state index in [4.69, 9.17) is 21.3 Å². The van der Waals surface area contributed by atoms with Gasteiger partial charge in [0.2, 0.25) is 5.95 Å². The Morgan fingerprint density at radius 3 is 2.70 bits per heavy atom. The summed E-state index contributed by atoms with van der Waals surface area (Å²) in [6.07, 6.45) is 6.66. The van der Waals surface area contributed by atoms with E-state index in [-0.39, 0.29) is 17.4 Å². The number of rotatable bonds is 6. The van der Waals surface area contributed by atoms with Crippen LogP contribution in [-0.4, -0.2) is 53.4 Å². The molecule has 4 aromatic rings. The topological polar surface area (TPSA) is 84.3 Å². The Morgan fingerprint density at radius 1 is 1.09 bits per heavy atom. The molecule has 10 heteroatoms. The molecule has 4 heterocycles. The number of hydrogen-bond donors (Lipinski definition) is 2. The van der Waals surface area contributed by atoms with Crippen molar-refractivity contribution in [2.45, 2.75) is 57.0 Å². The molecule has 0 radical (unpaired) electrons. The number of halogens is 2. The monoisotopic (exact) mass is 602 g/mol. The van der Waals surface area contributed by atoms with Crippen molar-refractivity contribution in [1.82, 2.24) is 19.9 Å². The van der Waals surface area contributed by atoms with Gasteiger partial charge in [0.25, 0.3) is 5.56 Å². The highest BCUT2D eigenvalue weighted by Gasteiger charge is 2.25. The van der Waals surface area contributed by atoms with Crippen molar-refractivity contribution < 1.29 is 9.13 Å². The lowest BCUT2D eigenvalue weighted by Gasteiger charge is -2.33. The van der Waals surface area contributed by atoms with Crippen LogP contribution < -0.4 is 21.1 Å². The van der Waals surface area contributed by atoms with Gasteiger partial charge in [-0.15, -0.1) is 0 Å². The first-order chi connectivity index (χ1) is 20.9. The van der Waals surface area contributed by atoms with Crippen LogP contribution in [0.3, 0.4) is 0 Å². The van der Waals surface area contributed by atoms with E-state index in [9.17, 15) is 4.79 Å². The zero-order valence-electron chi connectivity index (χ0n) is 24.3. The van der Waals surface area contributed by atoms with Gasteiger partial charge in [-0.25, -0.2) is 9.37 Å². The summed E-state index contributed by atoms with van der Waals surface area (Å²) in [5.41, 5.74) is 3.99.